The Morgan fingerprint density at radius 3 is 1.83 bits per heavy atom. The van der Waals surface area contributed by atoms with Gasteiger partial charge >= 0.3 is 113 Å². The summed E-state index contributed by atoms with van der Waals surface area (Å²) >= 11 is -1.66. The van der Waals surface area contributed by atoms with Crippen LogP contribution in [0.2, 0.25) is 3.67 Å². The second-order valence-corrected chi connectivity index (χ2v) is 15.9. The van der Waals surface area contributed by atoms with Crippen LogP contribution in [0.15, 0.2) is 43.1 Å². The van der Waals surface area contributed by atoms with Gasteiger partial charge in [0.15, 0.2) is 0 Å². The van der Waals surface area contributed by atoms with Gasteiger partial charge in [0, 0.05) is 0 Å². The molecule has 3 aliphatic rings. The molecule has 0 nitrogen and oxygen atoms in total. The van der Waals surface area contributed by atoms with Crippen molar-refractivity contribution in [3.05, 3.63) is 43.1 Å². The largest absolute Gasteiger partial charge is 0.147 e. The zero-order valence-corrected chi connectivity index (χ0v) is 15.3. The van der Waals surface area contributed by atoms with Crippen molar-refractivity contribution >= 4 is 12.4 Å². The SMILES string of the molecule is C1=CC[C]([Hf]([C]2=CC=CC2)[CH]2CCCCC2)=C1.Cl. The van der Waals surface area contributed by atoms with Crippen molar-refractivity contribution in [1.82, 2.24) is 0 Å². The molecule has 0 N–H and O–H groups in total. The number of halogens is 1. The van der Waals surface area contributed by atoms with Crippen LogP contribution in [0.4, 0.5) is 0 Å². The van der Waals surface area contributed by atoms with Crippen molar-refractivity contribution in [3.63, 3.8) is 0 Å². The summed E-state index contributed by atoms with van der Waals surface area (Å²) in [6.07, 6.45) is 24.4. The molecular formula is C16H22ClHf. The molecule has 0 aromatic rings. The first-order chi connectivity index (χ1) is 8.45. The third kappa shape index (κ3) is 3.17. The maximum absolute atomic E-state index is 2.47. The fourth-order valence-corrected chi connectivity index (χ4v) is 16.6. The van der Waals surface area contributed by atoms with E-state index in [1.54, 1.807) is 0 Å². The fourth-order valence-electron chi connectivity index (χ4n) is 3.42. The van der Waals surface area contributed by atoms with Crippen LogP contribution in [0.25, 0.3) is 0 Å². The van der Waals surface area contributed by atoms with Gasteiger partial charge in [0.25, 0.3) is 0 Å². The van der Waals surface area contributed by atoms with E-state index in [9.17, 15) is 0 Å². The van der Waals surface area contributed by atoms with Gasteiger partial charge in [-0.3, -0.25) is 0 Å². The van der Waals surface area contributed by atoms with Gasteiger partial charge in [-0.15, -0.1) is 12.4 Å². The Hall–Kier alpha value is 0.120. The van der Waals surface area contributed by atoms with Crippen molar-refractivity contribution in [2.24, 2.45) is 0 Å². The summed E-state index contributed by atoms with van der Waals surface area (Å²) in [4.78, 5) is 0. The molecule has 0 saturated heterocycles. The molecule has 0 aromatic carbocycles. The van der Waals surface area contributed by atoms with Gasteiger partial charge in [0.1, 0.15) is 0 Å². The molecule has 2 heteroatoms. The van der Waals surface area contributed by atoms with E-state index in [-0.39, 0.29) is 12.4 Å². The molecule has 0 heterocycles. The fraction of sp³-hybridized carbons (Fsp3) is 0.500. The first kappa shape index (κ1) is 14.5. The number of rotatable bonds is 3. The quantitative estimate of drug-likeness (QED) is 0.524. The summed E-state index contributed by atoms with van der Waals surface area (Å²) in [5.74, 6) is 0. The monoisotopic (exact) mass is 429 g/mol. The number of hydrogen-bond acceptors (Lipinski definition) is 0. The van der Waals surface area contributed by atoms with E-state index in [1.165, 1.54) is 44.9 Å². The molecule has 3 rings (SSSR count). The van der Waals surface area contributed by atoms with Crippen molar-refractivity contribution < 1.29 is 21.4 Å². The Balaban J connectivity index is 0.00000120. The molecule has 0 bridgehead atoms. The Kier molecular flexibility index (Phi) is 5.69. The van der Waals surface area contributed by atoms with Crippen LogP contribution >= 0.6 is 12.4 Å². The van der Waals surface area contributed by atoms with Crippen molar-refractivity contribution in [2.75, 3.05) is 0 Å². The standard InChI is InChI=1S/C6H11.2C5H5.ClH.Hf/c1-2-4-6-5-3-1;2*1-2-4-5-3-1;;/h1H,2-6H2;2*1-3H,4H2;1H;. The maximum Gasteiger partial charge on any atom is -0.147 e. The van der Waals surface area contributed by atoms with Crippen molar-refractivity contribution in [2.45, 2.75) is 48.6 Å². The van der Waals surface area contributed by atoms with Gasteiger partial charge in [-0.1, -0.05) is 0 Å². The van der Waals surface area contributed by atoms with Crippen LogP contribution < -0.4 is 0 Å². The molecule has 0 radical (unpaired) electrons. The summed E-state index contributed by atoms with van der Waals surface area (Å²) in [5, 5.41) is 0. The molecular weight excluding hydrogens is 406 g/mol. The van der Waals surface area contributed by atoms with E-state index in [0.29, 0.717) is 0 Å². The number of hydrogen-bond donors (Lipinski definition) is 0. The van der Waals surface area contributed by atoms with Gasteiger partial charge in [0.2, 0.25) is 0 Å². The molecule has 97 valence electrons. The van der Waals surface area contributed by atoms with E-state index in [4.69, 9.17) is 0 Å². The first-order valence-electron chi connectivity index (χ1n) is 7.04. The van der Waals surface area contributed by atoms with Gasteiger partial charge in [-0.2, -0.15) is 0 Å². The average molecular weight is 428 g/mol. The topological polar surface area (TPSA) is 0 Å². The summed E-state index contributed by atoms with van der Waals surface area (Å²) in [5.41, 5.74) is 0. The van der Waals surface area contributed by atoms with Crippen LogP contribution in [-0.2, 0) is 21.4 Å². The minimum Gasteiger partial charge on any atom is -0.147 e. The molecule has 0 spiro atoms. The zero-order chi connectivity index (χ0) is 11.5. The van der Waals surface area contributed by atoms with Gasteiger partial charge in [0.05, 0.1) is 0 Å². The Morgan fingerprint density at radius 1 is 0.833 bits per heavy atom. The normalized spacial score (nSPS) is 22.7. The summed E-state index contributed by atoms with van der Waals surface area (Å²) in [7, 11) is 0. The Bertz CT molecular complexity index is 367. The Labute approximate surface area is 125 Å². The van der Waals surface area contributed by atoms with E-state index in [0.717, 1.165) is 3.67 Å². The van der Waals surface area contributed by atoms with E-state index < -0.39 is 21.4 Å². The van der Waals surface area contributed by atoms with E-state index in [1.807, 2.05) is 6.66 Å². The average Bonchev–Trinajstić information content (AvgIpc) is 3.04. The van der Waals surface area contributed by atoms with Gasteiger partial charge < -0.3 is 0 Å². The summed E-state index contributed by atoms with van der Waals surface area (Å²) < 4.78 is 4.90. The Morgan fingerprint density at radius 2 is 1.39 bits per heavy atom. The first-order valence-corrected chi connectivity index (χ1v) is 12.7. The molecule has 0 amide bonds. The molecule has 0 unspecified atom stereocenters. The van der Waals surface area contributed by atoms with E-state index >= 15 is 0 Å². The summed E-state index contributed by atoms with van der Waals surface area (Å²) in [6.45, 7) is 0. The molecule has 0 aromatic heterocycles. The minimum absolute atomic E-state index is 0. The van der Waals surface area contributed by atoms with Crippen molar-refractivity contribution in [1.29, 1.82) is 0 Å². The second-order valence-electron chi connectivity index (χ2n) is 5.40. The van der Waals surface area contributed by atoms with E-state index in [2.05, 4.69) is 36.5 Å². The van der Waals surface area contributed by atoms with Crippen molar-refractivity contribution in [3.8, 4) is 0 Å². The van der Waals surface area contributed by atoms with Crippen LogP contribution in [0.3, 0.4) is 0 Å². The third-order valence-corrected chi connectivity index (χ3v) is 16.9. The van der Waals surface area contributed by atoms with Crippen LogP contribution in [0.5, 0.6) is 0 Å². The molecule has 1 saturated carbocycles. The molecule has 3 aliphatic carbocycles. The zero-order valence-electron chi connectivity index (χ0n) is 10.9. The second kappa shape index (κ2) is 7.05. The molecule has 1 fully saturated rings. The summed E-state index contributed by atoms with van der Waals surface area (Å²) in [6, 6.07) is 0. The number of allylic oxidation sites excluding steroid dienone is 8. The van der Waals surface area contributed by atoms with Crippen LogP contribution in [-0.4, -0.2) is 0 Å². The van der Waals surface area contributed by atoms with Crippen LogP contribution in [0.1, 0.15) is 44.9 Å². The van der Waals surface area contributed by atoms with Crippen LogP contribution in [0, 0.1) is 0 Å². The third-order valence-electron chi connectivity index (χ3n) is 4.25. The molecule has 0 atom stereocenters. The smallest absolute Gasteiger partial charge is 0.147 e. The molecule has 0 aliphatic heterocycles. The van der Waals surface area contributed by atoms with Gasteiger partial charge in [-0.25, -0.2) is 0 Å². The maximum atomic E-state index is 2.47. The molecule has 18 heavy (non-hydrogen) atoms. The minimum atomic E-state index is -1.66. The predicted molar refractivity (Wildman–Crippen MR) is 77.8 cm³/mol. The van der Waals surface area contributed by atoms with Gasteiger partial charge in [-0.05, 0) is 0 Å². The predicted octanol–water partition coefficient (Wildman–Crippen LogP) is 5.47.